The van der Waals surface area contributed by atoms with E-state index in [4.69, 9.17) is 9.47 Å². The number of ether oxygens (including phenoxy) is 2. The van der Waals surface area contributed by atoms with Crippen molar-refractivity contribution in [2.24, 2.45) is 0 Å². The Morgan fingerprint density at radius 3 is 2.19 bits per heavy atom. The van der Waals surface area contributed by atoms with Gasteiger partial charge < -0.3 is 14.8 Å². The second kappa shape index (κ2) is 9.07. The molecule has 0 spiro atoms. The first-order chi connectivity index (χ1) is 12.7. The summed E-state index contributed by atoms with van der Waals surface area (Å²) in [6, 6.07) is 26.5. The summed E-state index contributed by atoms with van der Waals surface area (Å²) in [6.07, 6.45) is 0. The topological polar surface area (TPSA) is 30.5 Å². The molecule has 0 aliphatic carbocycles. The highest BCUT2D eigenvalue weighted by Crippen LogP contribution is 2.26. The van der Waals surface area contributed by atoms with Crippen molar-refractivity contribution in [2.75, 3.05) is 0 Å². The normalized spacial score (nSPS) is 10.7. The van der Waals surface area contributed by atoms with E-state index >= 15 is 0 Å². The zero-order chi connectivity index (χ0) is 18.2. The summed E-state index contributed by atoms with van der Waals surface area (Å²) in [7, 11) is 0. The molecule has 3 aromatic carbocycles. The molecular weight excluding hydrogens is 322 g/mol. The van der Waals surface area contributed by atoms with Crippen LogP contribution in [0.3, 0.4) is 0 Å². The Bertz CT molecular complexity index is 798. The lowest BCUT2D eigenvalue weighted by Crippen LogP contribution is -2.21. The number of hydrogen-bond donors (Lipinski definition) is 1. The highest BCUT2D eigenvalue weighted by atomic mass is 16.5. The molecule has 0 radical (unpaired) electrons. The third-order valence-corrected chi connectivity index (χ3v) is 3.93. The number of rotatable bonds is 8. The lowest BCUT2D eigenvalue weighted by molar-refractivity contribution is 0.304. The van der Waals surface area contributed by atoms with E-state index in [2.05, 4.69) is 43.4 Å². The van der Waals surface area contributed by atoms with Crippen molar-refractivity contribution >= 4 is 0 Å². The van der Waals surface area contributed by atoms with Gasteiger partial charge in [-0.2, -0.15) is 0 Å². The van der Waals surface area contributed by atoms with E-state index in [1.807, 2.05) is 54.6 Å². The summed E-state index contributed by atoms with van der Waals surface area (Å²) >= 11 is 0. The molecule has 3 heteroatoms. The molecule has 1 N–H and O–H groups in total. The minimum atomic E-state index is 0.476. The predicted molar refractivity (Wildman–Crippen MR) is 106 cm³/mol. The van der Waals surface area contributed by atoms with Crippen LogP contribution in [0.5, 0.6) is 17.2 Å². The van der Waals surface area contributed by atoms with Gasteiger partial charge in [0.1, 0.15) is 23.9 Å². The fourth-order valence-corrected chi connectivity index (χ4v) is 2.50. The highest BCUT2D eigenvalue weighted by molar-refractivity contribution is 5.37. The Kier molecular flexibility index (Phi) is 6.29. The third-order valence-electron chi connectivity index (χ3n) is 3.93. The van der Waals surface area contributed by atoms with Crippen LogP contribution in [0.4, 0.5) is 0 Å². The first-order valence-corrected chi connectivity index (χ1v) is 8.96. The second-order valence-electron chi connectivity index (χ2n) is 6.53. The smallest absolute Gasteiger partial charge is 0.131 e. The Balaban J connectivity index is 1.58. The van der Waals surface area contributed by atoms with E-state index in [-0.39, 0.29) is 0 Å². The van der Waals surface area contributed by atoms with E-state index < -0.39 is 0 Å². The first-order valence-electron chi connectivity index (χ1n) is 8.96. The molecule has 0 heterocycles. The van der Waals surface area contributed by atoms with Crippen LogP contribution in [0, 0.1) is 0 Å². The van der Waals surface area contributed by atoms with Crippen LogP contribution in [-0.2, 0) is 13.2 Å². The van der Waals surface area contributed by atoms with Crippen molar-refractivity contribution in [1.29, 1.82) is 0 Å². The molecular formula is C23H25NO2. The van der Waals surface area contributed by atoms with Gasteiger partial charge in [-0.05, 0) is 35.4 Å². The minimum Gasteiger partial charge on any atom is -0.489 e. The van der Waals surface area contributed by atoms with Gasteiger partial charge in [-0.1, -0.05) is 62.4 Å². The third kappa shape index (κ3) is 5.64. The Labute approximate surface area is 155 Å². The molecule has 3 nitrogen and oxygen atoms in total. The lowest BCUT2D eigenvalue weighted by atomic mass is 10.2. The molecule has 26 heavy (non-hydrogen) atoms. The van der Waals surface area contributed by atoms with E-state index in [9.17, 15) is 0 Å². The van der Waals surface area contributed by atoms with Gasteiger partial charge in [0.05, 0.1) is 0 Å². The fourth-order valence-electron chi connectivity index (χ4n) is 2.50. The van der Waals surface area contributed by atoms with Crippen LogP contribution < -0.4 is 14.8 Å². The Morgan fingerprint density at radius 2 is 1.46 bits per heavy atom. The van der Waals surface area contributed by atoms with Gasteiger partial charge in [0, 0.05) is 18.7 Å². The van der Waals surface area contributed by atoms with Gasteiger partial charge in [0.15, 0.2) is 0 Å². The SMILES string of the molecule is CC(C)NCc1ccc(Oc2cccc(OCc3ccccc3)c2)cc1. The van der Waals surface area contributed by atoms with Crippen LogP contribution in [-0.4, -0.2) is 6.04 Å². The molecule has 3 rings (SSSR count). The maximum atomic E-state index is 5.95. The van der Waals surface area contributed by atoms with Gasteiger partial charge >= 0.3 is 0 Å². The van der Waals surface area contributed by atoms with Crippen LogP contribution in [0.1, 0.15) is 25.0 Å². The highest BCUT2D eigenvalue weighted by Gasteiger charge is 2.02. The van der Waals surface area contributed by atoms with Crippen LogP contribution in [0.15, 0.2) is 78.9 Å². The summed E-state index contributed by atoms with van der Waals surface area (Å²) < 4.78 is 11.8. The van der Waals surface area contributed by atoms with Crippen molar-refractivity contribution < 1.29 is 9.47 Å². The summed E-state index contributed by atoms with van der Waals surface area (Å²) in [5, 5.41) is 3.41. The van der Waals surface area contributed by atoms with Crippen molar-refractivity contribution in [3.8, 4) is 17.2 Å². The second-order valence-corrected chi connectivity index (χ2v) is 6.53. The first kappa shape index (κ1) is 18.0. The molecule has 0 bridgehead atoms. The molecule has 0 unspecified atom stereocenters. The van der Waals surface area contributed by atoms with Crippen LogP contribution in [0.2, 0.25) is 0 Å². The molecule has 134 valence electrons. The Hall–Kier alpha value is -2.78. The predicted octanol–water partition coefficient (Wildman–Crippen LogP) is 5.56. The monoisotopic (exact) mass is 347 g/mol. The Morgan fingerprint density at radius 1 is 0.731 bits per heavy atom. The van der Waals surface area contributed by atoms with Gasteiger partial charge in [-0.3, -0.25) is 0 Å². The minimum absolute atomic E-state index is 0.476. The van der Waals surface area contributed by atoms with Crippen molar-refractivity contribution in [2.45, 2.75) is 33.0 Å². The molecule has 0 atom stereocenters. The number of hydrogen-bond acceptors (Lipinski definition) is 3. The summed E-state index contributed by atoms with van der Waals surface area (Å²) in [5.41, 5.74) is 2.38. The van der Waals surface area contributed by atoms with E-state index in [0.29, 0.717) is 12.6 Å². The van der Waals surface area contributed by atoms with Gasteiger partial charge in [-0.25, -0.2) is 0 Å². The largest absolute Gasteiger partial charge is 0.489 e. The van der Waals surface area contributed by atoms with E-state index in [1.54, 1.807) is 0 Å². The van der Waals surface area contributed by atoms with Crippen LogP contribution in [0.25, 0.3) is 0 Å². The van der Waals surface area contributed by atoms with Crippen LogP contribution >= 0.6 is 0 Å². The molecule has 0 fully saturated rings. The lowest BCUT2D eigenvalue weighted by Gasteiger charge is -2.11. The summed E-state index contributed by atoms with van der Waals surface area (Å²) in [5.74, 6) is 2.38. The van der Waals surface area contributed by atoms with Gasteiger partial charge in [-0.15, -0.1) is 0 Å². The molecule has 3 aromatic rings. The summed E-state index contributed by atoms with van der Waals surface area (Å²) in [4.78, 5) is 0. The quantitative estimate of drug-likeness (QED) is 0.579. The maximum absolute atomic E-state index is 5.95. The molecule has 0 aliphatic rings. The summed E-state index contributed by atoms with van der Waals surface area (Å²) in [6.45, 7) is 5.69. The molecule has 0 saturated carbocycles. The van der Waals surface area contributed by atoms with Gasteiger partial charge in [0.25, 0.3) is 0 Å². The average Bonchev–Trinajstić information content (AvgIpc) is 2.67. The zero-order valence-electron chi connectivity index (χ0n) is 15.3. The van der Waals surface area contributed by atoms with Crippen molar-refractivity contribution in [3.63, 3.8) is 0 Å². The van der Waals surface area contributed by atoms with Crippen molar-refractivity contribution in [3.05, 3.63) is 90.0 Å². The zero-order valence-corrected chi connectivity index (χ0v) is 15.3. The average molecular weight is 347 g/mol. The maximum Gasteiger partial charge on any atom is 0.131 e. The van der Waals surface area contributed by atoms with E-state index in [0.717, 1.165) is 29.4 Å². The number of nitrogens with one attached hydrogen (secondary N) is 1. The molecule has 0 aliphatic heterocycles. The fraction of sp³-hybridized carbons (Fsp3) is 0.217. The van der Waals surface area contributed by atoms with Gasteiger partial charge in [0.2, 0.25) is 0 Å². The molecule has 0 aromatic heterocycles. The molecule has 0 saturated heterocycles. The molecule has 0 amide bonds. The standard InChI is InChI=1S/C23H25NO2/c1-18(2)24-16-19-11-13-21(14-12-19)26-23-10-6-9-22(15-23)25-17-20-7-4-3-5-8-20/h3-15,18,24H,16-17H2,1-2H3. The van der Waals surface area contributed by atoms with E-state index in [1.165, 1.54) is 5.56 Å². The van der Waals surface area contributed by atoms with Crippen molar-refractivity contribution in [1.82, 2.24) is 5.32 Å². The number of benzene rings is 3.